The van der Waals surface area contributed by atoms with Crippen LogP contribution in [0.3, 0.4) is 0 Å². The molecule has 0 saturated heterocycles. The maximum Gasteiger partial charge on any atom is 0.130 e. The third-order valence-electron chi connectivity index (χ3n) is 3.35. The lowest BCUT2D eigenvalue weighted by molar-refractivity contribution is 0.752. The van der Waals surface area contributed by atoms with Crippen molar-refractivity contribution in [3.05, 3.63) is 41.6 Å². The lowest BCUT2D eigenvalue weighted by atomic mass is 10.1. The zero-order valence-corrected chi connectivity index (χ0v) is 9.93. The molecule has 1 aliphatic heterocycles. The van der Waals surface area contributed by atoms with Crippen molar-refractivity contribution < 1.29 is 0 Å². The van der Waals surface area contributed by atoms with Gasteiger partial charge < -0.3 is 10.6 Å². The molecule has 2 N–H and O–H groups in total. The predicted molar refractivity (Wildman–Crippen MR) is 68.3 cm³/mol. The molecule has 0 spiro atoms. The fourth-order valence-corrected chi connectivity index (χ4v) is 2.45. The van der Waals surface area contributed by atoms with E-state index in [0.717, 1.165) is 18.8 Å². The van der Waals surface area contributed by atoms with Gasteiger partial charge in [-0.05, 0) is 23.6 Å². The van der Waals surface area contributed by atoms with Gasteiger partial charge in [0.15, 0.2) is 0 Å². The molecule has 0 bridgehead atoms. The van der Waals surface area contributed by atoms with Gasteiger partial charge in [-0.15, -0.1) is 0 Å². The molecular weight excluding hydrogens is 212 g/mol. The number of hydrogen-bond acceptors (Lipinski definition) is 3. The number of fused-ring (bicyclic) bond motifs is 1. The van der Waals surface area contributed by atoms with Gasteiger partial charge in [-0.3, -0.25) is 4.68 Å². The largest absolute Gasteiger partial charge is 0.326 e. The second kappa shape index (κ2) is 3.89. The van der Waals surface area contributed by atoms with Gasteiger partial charge in [-0.25, -0.2) is 0 Å². The molecule has 1 aromatic heterocycles. The number of aryl methyl sites for hydroxylation is 1. The molecule has 0 aliphatic carbocycles. The van der Waals surface area contributed by atoms with Crippen LogP contribution in [0.4, 0.5) is 11.5 Å². The number of nitrogens with two attached hydrogens (primary N) is 1. The van der Waals surface area contributed by atoms with E-state index in [-0.39, 0.29) is 0 Å². The van der Waals surface area contributed by atoms with Gasteiger partial charge in [-0.1, -0.05) is 12.1 Å². The Morgan fingerprint density at radius 1 is 1.35 bits per heavy atom. The molecule has 0 unspecified atom stereocenters. The summed E-state index contributed by atoms with van der Waals surface area (Å²) in [6, 6.07) is 8.53. The van der Waals surface area contributed by atoms with E-state index in [4.69, 9.17) is 5.73 Å². The number of benzene rings is 1. The van der Waals surface area contributed by atoms with Crippen LogP contribution in [0.2, 0.25) is 0 Å². The average molecular weight is 228 g/mol. The summed E-state index contributed by atoms with van der Waals surface area (Å²) >= 11 is 0. The Kier molecular flexibility index (Phi) is 2.37. The molecule has 2 heterocycles. The molecule has 4 heteroatoms. The number of aromatic nitrogens is 2. The summed E-state index contributed by atoms with van der Waals surface area (Å²) in [4.78, 5) is 2.31. The molecule has 2 aromatic rings. The van der Waals surface area contributed by atoms with Gasteiger partial charge in [0.25, 0.3) is 0 Å². The van der Waals surface area contributed by atoms with Crippen LogP contribution in [-0.4, -0.2) is 16.3 Å². The first kappa shape index (κ1) is 10.4. The van der Waals surface area contributed by atoms with Crippen LogP contribution in [0.1, 0.15) is 11.1 Å². The Morgan fingerprint density at radius 3 is 2.94 bits per heavy atom. The quantitative estimate of drug-likeness (QED) is 0.848. The normalized spacial score (nSPS) is 14.1. The van der Waals surface area contributed by atoms with Crippen molar-refractivity contribution in [3.8, 4) is 0 Å². The number of nitrogens with zero attached hydrogens (tertiary/aromatic N) is 3. The molecule has 0 fully saturated rings. The minimum Gasteiger partial charge on any atom is -0.326 e. The summed E-state index contributed by atoms with van der Waals surface area (Å²) in [5, 5.41) is 4.22. The molecule has 0 amide bonds. The summed E-state index contributed by atoms with van der Waals surface area (Å²) in [5.74, 6) is 1.14. The van der Waals surface area contributed by atoms with Gasteiger partial charge in [0.05, 0.1) is 6.20 Å². The molecular formula is C13H16N4. The van der Waals surface area contributed by atoms with Crippen LogP contribution in [0.25, 0.3) is 0 Å². The molecule has 1 aromatic carbocycles. The van der Waals surface area contributed by atoms with Crippen LogP contribution < -0.4 is 10.6 Å². The standard InChI is InChI=1S/C13H16N4/c1-16-13(4-6-15-16)17-7-5-11-8-10(9-14)2-3-12(11)17/h2-4,6,8H,5,7,9,14H2,1H3. The lowest BCUT2D eigenvalue weighted by Gasteiger charge is -2.19. The predicted octanol–water partition coefficient (Wildman–Crippen LogP) is 1.57. The zero-order valence-electron chi connectivity index (χ0n) is 9.93. The Morgan fingerprint density at radius 2 is 2.24 bits per heavy atom. The summed E-state index contributed by atoms with van der Waals surface area (Å²) in [5.41, 5.74) is 9.54. The Balaban J connectivity index is 2.02. The molecule has 88 valence electrons. The second-order valence-corrected chi connectivity index (χ2v) is 4.38. The Hall–Kier alpha value is -1.81. The maximum atomic E-state index is 5.67. The highest BCUT2D eigenvalue weighted by atomic mass is 15.4. The average Bonchev–Trinajstić information content (AvgIpc) is 2.94. The van der Waals surface area contributed by atoms with E-state index in [9.17, 15) is 0 Å². The summed E-state index contributed by atoms with van der Waals surface area (Å²) in [7, 11) is 1.97. The minimum atomic E-state index is 0.610. The van der Waals surface area contributed by atoms with Crippen LogP contribution in [0.5, 0.6) is 0 Å². The molecule has 4 nitrogen and oxygen atoms in total. The molecule has 0 saturated carbocycles. The lowest BCUT2D eigenvalue weighted by Crippen LogP contribution is -2.16. The van der Waals surface area contributed by atoms with Gasteiger partial charge in [-0.2, -0.15) is 5.10 Å². The fourth-order valence-electron chi connectivity index (χ4n) is 2.45. The third-order valence-corrected chi connectivity index (χ3v) is 3.35. The number of rotatable bonds is 2. The fraction of sp³-hybridized carbons (Fsp3) is 0.308. The van der Waals surface area contributed by atoms with E-state index in [1.54, 1.807) is 0 Å². The van der Waals surface area contributed by atoms with E-state index in [2.05, 4.69) is 28.2 Å². The monoisotopic (exact) mass is 228 g/mol. The molecule has 17 heavy (non-hydrogen) atoms. The SMILES string of the molecule is Cn1nccc1N1CCc2cc(CN)ccc21. The molecule has 0 radical (unpaired) electrons. The van der Waals surface area contributed by atoms with Crippen molar-refractivity contribution in [3.63, 3.8) is 0 Å². The summed E-state index contributed by atoms with van der Waals surface area (Å²) in [6.45, 7) is 1.63. The first-order valence-electron chi connectivity index (χ1n) is 5.87. The summed E-state index contributed by atoms with van der Waals surface area (Å²) in [6.07, 6.45) is 2.91. The zero-order chi connectivity index (χ0) is 11.8. The first-order valence-corrected chi connectivity index (χ1v) is 5.87. The second-order valence-electron chi connectivity index (χ2n) is 4.38. The van der Waals surface area contributed by atoms with Crippen molar-refractivity contribution in [2.45, 2.75) is 13.0 Å². The van der Waals surface area contributed by atoms with Crippen molar-refractivity contribution in [2.24, 2.45) is 12.8 Å². The van der Waals surface area contributed by atoms with E-state index in [1.165, 1.54) is 16.8 Å². The Labute approximate surface area is 101 Å². The number of anilines is 2. The third kappa shape index (κ3) is 1.61. The van der Waals surface area contributed by atoms with Gasteiger partial charge >= 0.3 is 0 Å². The topological polar surface area (TPSA) is 47.1 Å². The van der Waals surface area contributed by atoms with Gasteiger partial charge in [0, 0.05) is 31.9 Å². The van der Waals surface area contributed by atoms with E-state index in [0.29, 0.717) is 6.54 Å². The molecule has 3 rings (SSSR count). The highest BCUT2D eigenvalue weighted by Crippen LogP contribution is 2.34. The smallest absolute Gasteiger partial charge is 0.130 e. The highest BCUT2D eigenvalue weighted by molar-refractivity contribution is 5.68. The van der Waals surface area contributed by atoms with E-state index in [1.807, 2.05) is 24.0 Å². The van der Waals surface area contributed by atoms with Crippen LogP contribution in [0.15, 0.2) is 30.5 Å². The van der Waals surface area contributed by atoms with Crippen molar-refractivity contribution >= 4 is 11.5 Å². The minimum absolute atomic E-state index is 0.610. The highest BCUT2D eigenvalue weighted by Gasteiger charge is 2.22. The summed E-state index contributed by atoms with van der Waals surface area (Å²) < 4.78 is 1.91. The first-order chi connectivity index (χ1) is 8.29. The van der Waals surface area contributed by atoms with E-state index >= 15 is 0 Å². The van der Waals surface area contributed by atoms with Crippen LogP contribution in [-0.2, 0) is 20.0 Å². The number of hydrogen-bond donors (Lipinski definition) is 1. The van der Waals surface area contributed by atoms with E-state index < -0.39 is 0 Å². The Bertz CT molecular complexity index is 544. The molecule has 0 atom stereocenters. The van der Waals surface area contributed by atoms with Crippen molar-refractivity contribution in [1.29, 1.82) is 0 Å². The molecule has 1 aliphatic rings. The maximum absolute atomic E-state index is 5.67. The van der Waals surface area contributed by atoms with Crippen molar-refractivity contribution in [2.75, 3.05) is 11.4 Å². The van der Waals surface area contributed by atoms with Crippen LogP contribution in [0, 0.1) is 0 Å². The van der Waals surface area contributed by atoms with Gasteiger partial charge in [0.1, 0.15) is 5.82 Å². The van der Waals surface area contributed by atoms with Crippen LogP contribution >= 0.6 is 0 Å². The van der Waals surface area contributed by atoms with Crippen molar-refractivity contribution in [1.82, 2.24) is 9.78 Å². The van der Waals surface area contributed by atoms with Gasteiger partial charge in [0.2, 0.25) is 0 Å².